The monoisotopic (exact) mass is 293 g/mol. The Hall–Kier alpha value is -2.15. The molecule has 2 unspecified atom stereocenters. The fourth-order valence-electron chi connectivity index (χ4n) is 2.51. The first-order chi connectivity index (χ1) is 10.0. The zero-order valence-corrected chi connectivity index (χ0v) is 12.1. The second kappa shape index (κ2) is 6.53. The summed E-state index contributed by atoms with van der Waals surface area (Å²) in [6.45, 7) is 2.92. The van der Waals surface area contributed by atoms with E-state index in [-0.39, 0.29) is 28.9 Å². The number of amides is 1. The Morgan fingerprint density at radius 1 is 1.52 bits per heavy atom. The van der Waals surface area contributed by atoms with Crippen LogP contribution in [0.4, 0.5) is 5.69 Å². The topological polar surface area (TPSA) is 93.5 Å². The molecule has 7 heteroatoms. The van der Waals surface area contributed by atoms with Crippen LogP contribution in [0.3, 0.4) is 0 Å². The summed E-state index contributed by atoms with van der Waals surface area (Å²) in [5, 5.41) is 17.2. The van der Waals surface area contributed by atoms with Crippen molar-refractivity contribution in [1.29, 1.82) is 0 Å². The van der Waals surface area contributed by atoms with Crippen LogP contribution in [0.25, 0.3) is 0 Å². The molecule has 7 nitrogen and oxygen atoms in total. The van der Waals surface area contributed by atoms with Crippen LogP contribution in [-0.2, 0) is 0 Å². The fourth-order valence-corrected chi connectivity index (χ4v) is 2.51. The van der Waals surface area contributed by atoms with E-state index in [1.54, 1.807) is 0 Å². The Morgan fingerprint density at radius 2 is 2.29 bits per heavy atom. The smallest absolute Gasteiger partial charge is 0.311 e. The van der Waals surface area contributed by atoms with Crippen LogP contribution in [-0.4, -0.2) is 36.6 Å². The molecule has 1 aliphatic rings. The van der Waals surface area contributed by atoms with Crippen LogP contribution in [0.15, 0.2) is 18.2 Å². The average molecular weight is 293 g/mol. The average Bonchev–Trinajstić information content (AvgIpc) is 2.46. The van der Waals surface area contributed by atoms with Crippen molar-refractivity contribution in [2.24, 2.45) is 0 Å². The molecule has 1 aromatic carbocycles. The molecule has 0 aromatic heterocycles. The molecule has 0 radical (unpaired) electrons. The number of nitro groups is 1. The van der Waals surface area contributed by atoms with Gasteiger partial charge in [-0.3, -0.25) is 14.9 Å². The number of piperidine rings is 1. The summed E-state index contributed by atoms with van der Waals surface area (Å²) >= 11 is 0. The number of nitrogens with zero attached hydrogens (tertiary/aromatic N) is 1. The third-order valence-corrected chi connectivity index (χ3v) is 3.60. The molecular formula is C14H19N3O4. The molecule has 0 aliphatic carbocycles. The highest BCUT2D eigenvalue weighted by Gasteiger charge is 2.22. The molecule has 2 rings (SSSR count). The van der Waals surface area contributed by atoms with Gasteiger partial charge in [-0.15, -0.1) is 0 Å². The van der Waals surface area contributed by atoms with Crippen molar-refractivity contribution in [3.05, 3.63) is 33.9 Å². The second-order valence-electron chi connectivity index (χ2n) is 5.19. The van der Waals surface area contributed by atoms with Crippen molar-refractivity contribution in [2.45, 2.75) is 31.8 Å². The van der Waals surface area contributed by atoms with Gasteiger partial charge in [0, 0.05) is 23.7 Å². The first-order valence-electron chi connectivity index (χ1n) is 6.88. The van der Waals surface area contributed by atoms with Crippen LogP contribution in [0, 0.1) is 10.1 Å². The third kappa shape index (κ3) is 3.69. The Kier molecular flexibility index (Phi) is 4.74. The van der Waals surface area contributed by atoms with Gasteiger partial charge in [-0.2, -0.15) is 0 Å². The molecule has 21 heavy (non-hydrogen) atoms. The van der Waals surface area contributed by atoms with E-state index in [0.29, 0.717) is 6.04 Å². The van der Waals surface area contributed by atoms with Crippen molar-refractivity contribution in [2.75, 3.05) is 13.7 Å². The van der Waals surface area contributed by atoms with E-state index < -0.39 is 4.92 Å². The predicted molar refractivity (Wildman–Crippen MR) is 77.6 cm³/mol. The lowest BCUT2D eigenvalue weighted by atomic mass is 10.00. The van der Waals surface area contributed by atoms with Gasteiger partial charge in [0.25, 0.3) is 5.91 Å². The van der Waals surface area contributed by atoms with Gasteiger partial charge >= 0.3 is 5.69 Å². The van der Waals surface area contributed by atoms with Crippen molar-refractivity contribution >= 4 is 11.6 Å². The number of hydrogen-bond acceptors (Lipinski definition) is 5. The highest BCUT2D eigenvalue weighted by molar-refractivity contribution is 5.95. The number of nitro benzene ring substituents is 1. The largest absolute Gasteiger partial charge is 0.490 e. The first kappa shape index (κ1) is 15.2. The minimum Gasteiger partial charge on any atom is -0.490 e. The third-order valence-electron chi connectivity index (χ3n) is 3.60. The van der Waals surface area contributed by atoms with E-state index >= 15 is 0 Å². The van der Waals surface area contributed by atoms with Crippen molar-refractivity contribution in [3.8, 4) is 5.75 Å². The molecule has 1 amide bonds. The molecule has 1 saturated heterocycles. The Balaban J connectivity index is 2.12. The number of carbonyl (C=O) groups excluding carboxylic acids is 1. The van der Waals surface area contributed by atoms with Crippen LogP contribution < -0.4 is 15.4 Å². The standard InChI is InChI=1S/C14H19N3O4/c1-9-7-11(5-6-15-9)16-14(18)10-3-4-13(21-2)12(8-10)17(19)20/h3-4,8-9,11,15H,5-7H2,1-2H3,(H,16,18). The van der Waals surface area contributed by atoms with Gasteiger partial charge in [0.1, 0.15) is 0 Å². The van der Waals surface area contributed by atoms with E-state index in [1.165, 1.54) is 25.3 Å². The minimum absolute atomic E-state index is 0.0925. The van der Waals surface area contributed by atoms with Gasteiger partial charge < -0.3 is 15.4 Å². The summed E-state index contributed by atoms with van der Waals surface area (Å²) in [6.07, 6.45) is 1.71. The maximum atomic E-state index is 12.2. The molecular weight excluding hydrogens is 274 g/mol. The molecule has 2 atom stereocenters. The highest BCUT2D eigenvalue weighted by atomic mass is 16.6. The lowest BCUT2D eigenvalue weighted by Gasteiger charge is -2.28. The molecule has 1 fully saturated rings. The number of ether oxygens (including phenoxy) is 1. The number of benzene rings is 1. The summed E-state index contributed by atoms with van der Waals surface area (Å²) in [6, 6.07) is 4.67. The van der Waals surface area contributed by atoms with Gasteiger partial charge in [-0.1, -0.05) is 0 Å². The number of rotatable bonds is 4. The van der Waals surface area contributed by atoms with E-state index in [2.05, 4.69) is 17.6 Å². The lowest BCUT2D eigenvalue weighted by molar-refractivity contribution is -0.385. The van der Waals surface area contributed by atoms with Crippen LogP contribution in [0.5, 0.6) is 5.75 Å². The van der Waals surface area contributed by atoms with E-state index in [4.69, 9.17) is 4.74 Å². The van der Waals surface area contributed by atoms with E-state index in [0.717, 1.165) is 19.4 Å². The summed E-state index contributed by atoms with van der Waals surface area (Å²) in [5.74, 6) is -0.146. The zero-order chi connectivity index (χ0) is 15.4. The van der Waals surface area contributed by atoms with E-state index in [1.807, 2.05) is 0 Å². The zero-order valence-electron chi connectivity index (χ0n) is 12.1. The predicted octanol–water partition coefficient (Wildman–Crippen LogP) is 1.47. The van der Waals surface area contributed by atoms with Crippen LogP contribution >= 0.6 is 0 Å². The number of nitrogens with one attached hydrogen (secondary N) is 2. The van der Waals surface area contributed by atoms with E-state index in [9.17, 15) is 14.9 Å². The molecule has 0 saturated carbocycles. The summed E-state index contributed by atoms with van der Waals surface area (Å²) in [4.78, 5) is 22.6. The van der Waals surface area contributed by atoms with Crippen LogP contribution in [0.2, 0.25) is 0 Å². The maximum Gasteiger partial charge on any atom is 0.311 e. The molecule has 1 heterocycles. The maximum absolute atomic E-state index is 12.2. The molecule has 1 aliphatic heterocycles. The normalized spacial score (nSPS) is 21.6. The number of carbonyl (C=O) groups is 1. The summed E-state index contributed by atoms with van der Waals surface area (Å²) < 4.78 is 4.92. The fraction of sp³-hybridized carbons (Fsp3) is 0.500. The van der Waals surface area contributed by atoms with Crippen molar-refractivity contribution < 1.29 is 14.5 Å². The van der Waals surface area contributed by atoms with Gasteiger partial charge in [-0.05, 0) is 38.4 Å². The SMILES string of the molecule is COc1ccc(C(=O)NC2CCNC(C)C2)cc1[N+](=O)[O-]. The Morgan fingerprint density at radius 3 is 2.90 bits per heavy atom. The Bertz CT molecular complexity index is 547. The molecule has 114 valence electrons. The molecule has 0 spiro atoms. The molecule has 0 bridgehead atoms. The van der Waals surface area contributed by atoms with Crippen molar-refractivity contribution in [3.63, 3.8) is 0 Å². The highest BCUT2D eigenvalue weighted by Crippen LogP contribution is 2.27. The molecule has 2 N–H and O–H groups in total. The number of methoxy groups -OCH3 is 1. The van der Waals surface area contributed by atoms with Crippen LogP contribution in [0.1, 0.15) is 30.1 Å². The molecule has 1 aromatic rings. The van der Waals surface area contributed by atoms with Gasteiger partial charge in [0.2, 0.25) is 0 Å². The minimum atomic E-state index is -0.553. The van der Waals surface area contributed by atoms with Gasteiger partial charge in [-0.25, -0.2) is 0 Å². The van der Waals surface area contributed by atoms with Gasteiger partial charge in [0.05, 0.1) is 12.0 Å². The van der Waals surface area contributed by atoms with Crippen molar-refractivity contribution in [1.82, 2.24) is 10.6 Å². The summed E-state index contributed by atoms with van der Waals surface area (Å²) in [7, 11) is 1.36. The lowest BCUT2D eigenvalue weighted by Crippen LogP contribution is -2.46. The Labute approximate surface area is 122 Å². The second-order valence-corrected chi connectivity index (χ2v) is 5.19. The summed E-state index contributed by atoms with van der Waals surface area (Å²) in [5.41, 5.74) is 0.0671. The first-order valence-corrected chi connectivity index (χ1v) is 6.88. The number of hydrogen-bond donors (Lipinski definition) is 2. The quantitative estimate of drug-likeness (QED) is 0.647. The van der Waals surface area contributed by atoms with Gasteiger partial charge in [0.15, 0.2) is 5.75 Å².